The summed E-state index contributed by atoms with van der Waals surface area (Å²) in [7, 11) is 1.32. The summed E-state index contributed by atoms with van der Waals surface area (Å²) >= 11 is 0. The highest BCUT2D eigenvalue weighted by Gasteiger charge is 2.33. The second kappa shape index (κ2) is 6.90. The number of nitrogens with zero attached hydrogens (tertiary/aromatic N) is 2. The Bertz CT molecular complexity index is 364. The molecule has 2 heterocycles. The summed E-state index contributed by atoms with van der Waals surface area (Å²) in [4.78, 5) is 36.0. The molecule has 7 nitrogen and oxygen atoms in total. The minimum atomic E-state index is -0.444. The molecule has 2 fully saturated rings. The molecular weight excluding hydrogens is 262 g/mol. The topological polar surface area (TPSA) is 85.1 Å². The van der Waals surface area contributed by atoms with E-state index in [1.807, 2.05) is 0 Å². The van der Waals surface area contributed by atoms with E-state index in [1.165, 1.54) is 7.11 Å². The van der Waals surface area contributed by atoms with E-state index in [2.05, 4.69) is 14.7 Å². The molecule has 2 aliphatic rings. The first-order valence-corrected chi connectivity index (χ1v) is 7.14. The molecule has 0 bridgehead atoms. The standard InChI is InChI=1S/C13H23N3O4/c1-19-20-13(18)16-7-3-5-11(9-16)15-6-2-4-10(8-15)12(14)17/h10-11H,2-9H2,1H3,(H2,14,17). The number of likely N-dealkylation sites (tertiary alicyclic amines) is 2. The van der Waals surface area contributed by atoms with Gasteiger partial charge in [-0.3, -0.25) is 14.6 Å². The van der Waals surface area contributed by atoms with Gasteiger partial charge in [-0.2, -0.15) is 4.89 Å². The van der Waals surface area contributed by atoms with E-state index in [0.717, 1.165) is 32.2 Å². The average molecular weight is 285 g/mol. The number of nitrogens with two attached hydrogens (primary N) is 1. The van der Waals surface area contributed by atoms with Crippen LogP contribution < -0.4 is 5.73 Å². The third kappa shape index (κ3) is 3.61. The number of carbonyl (C=O) groups is 2. The molecule has 0 spiro atoms. The SMILES string of the molecule is COOC(=O)N1CCCC(N2CCCC(C(N)=O)C2)C1. The highest BCUT2D eigenvalue weighted by atomic mass is 17.2. The number of primary amides is 1. The van der Waals surface area contributed by atoms with Crippen LogP contribution in [0.4, 0.5) is 4.79 Å². The molecule has 2 saturated heterocycles. The van der Waals surface area contributed by atoms with Crippen molar-refractivity contribution in [1.29, 1.82) is 0 Å². The van der Waals surface area contributed by atoms with Crippen LogP contribution in [0.1, 0.15) is 25.7 Å². The number of piperidine rings is 2. The average Bonchev–Trinajstić information content (AvgIpc) is 2.48. The van der Waals surface area contributed by atoms with Crippen molar-refractivity contribution in [2.75, 3.05) is 33.3 Å². The van der Waals surface area contributed by atoms with Crippen LogP contribution in [0.15, 0.2) is 0 Å². The van der Waals surface area contributed by atoms with Gasteiger partial charge < -0.3 is 10.6 Å². The van der Waals surface area contributed by atoms with Crippen molar-refractivity contribution in [2.45, 2.75) is 31.7 Å². The van der Waals surface area contributed by atoms with Crippen LogP contribution in [0.5, 0.6) is 0 Å². The maximum Gasteiger partial charge on any atom is 0.441 e. The fourth-order valence-corrected chi connectivity index (χ4v) is 3.11. The molecule has 7 heteroatoms. The van der Waals surface area contributed by atoms with Gasteiger partial charge in [0.15, 0.2) is 0 Å². The zero-order valence-electron chi connectivity index (χ0n) is 11.9. The first-order valence-electron chi connectivity index (χ1n) is 7.14. The van der Waals surface area contributed by atoms with Crippen molar-refractivity contribution < 1.29 is 19.4 Å². The lowest BCUT2D eigenvalue weighted by atomic mass is 9.94. The minimum absolute atomic E-state index is 0.0648. The highest BCUT2D eigenvalue weighted by molar-refractivity contribution is 5.77. The predicted octanol–water partition coefficient (Wildman–Crippen LogP) is 0.346. The lowest BCUT2D eigenvalue weighted by molar-refractivity contribution is -0.222. The fraction of sp³-hybridized carbons (Fsp3) is 0.846. The summed E-state index contributed by atoms with van der Waals surface area (Å²) in [5.74, 6) is -0.286. The van der Waals surface area contributed by atoms with Crippen molar-refractivity contribution in [1.82, 2.24) is 9.80 Å². The van der Waals surface area contributed by atoms with E-state index in [-0.39, 0.29) is 17.9 Å². The Morgan fingerprint density at radius 3 is 2.60 bits per heavy atom. The van der Waals surface area contributed by atoms with Crippen LogP contribution in [0, 0.1) is 5.92 Å². The Balaban J connectivity index is 1.91. The number of hydrogen-bond acceptors (Lipinski definition) is 5. The number of carbonyl (C=O) groups excluding carboxylic acids is 2. The van der Waals surface area contributed by atoms with Gasteiger partial charge in [-0.25, -0.2) is 4.79 Å². The van der Waals surface area contributed by atoms with E-state index in [4.69, 9.17) is 5.73 Å². The third-order valence-electron chi connectivity index (χ3n) is 4.18. The molecule has 2 rings (SSSR count). The molecule has 2 N–H and O–H groups in total. The van der Waals surface area contributed by atoms with E-state index < -0.39 is 6.09 Å². The Kier molecular flexibility index (Phi) is 5.19. The van der Waals surface area contributed by atoms with Gasteiger partial charge in [0.05, 0.1) is 13.0 Å². The number of amides is 2. The first-order chi connectivity index (χ1) is 9.61. The van der Waals surface area contributed by atoms with Gasteiger partial charge >= 0.3 is 6.09 Å². The lowest BCUT2D eigenvalue weighted by Crippen LogP contribution is -2.53. The summed E-state index contributed by atoms with van der Waals surface area (Å²) in [5, 5.41) is 0. The van der Waals surface area contributed by atoms with Gasteiger partial charge in [0.2, 0.25) is 5.91 Å². The van der Waals surface area contributed by atoms with E-state index >= 15 is 0 Å². The summed E-state index contributed by atoms with van der Waals surface area (Å²) < 4.78 is 0. The van der Waals surface area contributed by atoms with E-state index in [0.29, 0.717) is 19.6 Å². The molecule has 20 heavy (non-hydrogen) atoms. The van der Waals surface area contributed by atoms with Crippen LogP contribution in [0.25, 0.3) is 0 Å². The van der Waals surface area contributed by atoms with Gasteiger partial charge in [0, 0.05) is 25.7 Å². The van der Waals surface area contributed by atoms with Crippen molar-refractivity contribution >= 4 is 12.0 Å². The van der Waals surface area contributed by atoms with Crippen molar-refractivity contribution in [2.24, 2.45) is 11.7 Å². The summed E-state index contributed by atoms with van der Waals surface area (Å²) in [6, 6.07) is 0.273. The van der Waals surface area contributed by atoms with Crippen LogP contribution in [-0.2, 0) is 14.6 Å². The molecule has 114 valence electrons. The van der Waals surface area contributed by atoms with Crippen LogP contribution in [0.3, 0.4) is 0 Å². The van der Waals surface area contributed by atoms with Crippen molar-refractivity contribution in [3.63, 3.8) is 0 Å². The number of rotatable bonds is 3. The molecular formula is C13H23N3O4. The minimum Gasteiger partial charge on any atom is -0.369 e. The largest absolute Gasteiger partial charge is 0.441 e. The van der Waals surface area contributed by atoms with Gasteiger partial charge in [-0.15, -0.1) is 0 Å². The van der Waals surface area contributed by atoms with Gasteiger partial charge in [0.1, 0.15) is 0 Å². The molecule has 0 radical (unpaired) electrons. The molecule has 0 aromatic heterocycles. The molecule has 2 atom stereocenters. The maximum atomic E-state index is 11.7. The lowest BCUT2D eigenvalue weighted by Gasteiger charge is -2.41. The fourth-order valence-electron chi connectivity index (χ4n) is 3.11. The summed E-state index contributed by atoms with van der Waals surface area (Å²) in [6.45, 7) is 2.97. The maximum absolute atomic E-state index is 11.7. The summed E-state index contributed by atoms with van der Waals surface area (Å²) in [6.07, 6.45) is 3.37. The predicted molar refractivity (Wildman–Crippen MR) is 71.6 cm³/mol. The second-order valence-corrected chi connectivity index (χ2v) is 5.49. The monoisotopic (exact) mass is 285 g/mol. The highest BCUT2D eigenvalue weighted by Crippen LogP contribution is 2.23. The Hall–Kier alpha value is -1.34. The Labute approximate surface area is 118 Å². The molecule has 0 aromatic rings. The third-order valence-corrected chi connectivity index (χ3v) is 4.18. The molecule has 0 aliphatic carbocycles. The Morgan fingerprint density at radius 2 is 1.90 bits per heavy atom. The molecule has 2 unspecified atom stereocenters. The van der Waals surface area contributed by atoms with Crippen LogP contribution in [0.2, 0.25) is 0 Å². The normalized spacial score (nSPS) is 28.1. The van der Waals surface area contributed by atoms with Gasteiger partial charge in [-0.05, 0) is 32.2 Å². The van der Waals surface area contributed by atoms with Crippen molar-refractivity contribution in [3.05, 3.63) is 0 Å². The van der Waals surface area contributed by atoms with E-state index in [9.17, 15) is 9.59 Å². The molecule has 0 saturated carbocycles. The quantitative estimate of drug-likeness (QED) is 0.597. The first kappa shape index (κ1) is 15.1. The molecule has 2 amide bonds. The van der Waals surface area contributed by atoms with Crippen molar-refractivity contribution in [3.8, 4) is 0 Å². The molecule has 0 aromatic carbocycles. The summed E-state index contributed by atoms with van der Waals surface area (Å²) in [5.41, 5.74) is 5.41. The van der Waals surface area contributed by atoms with E-state index in [1.54, 1.807) is 4.90 Å². The van der Waals surface area contributed by atoms with Crippen LogP contribution in [-0.4, -0.2) is 61.1 Å². The second-order valence-electron chi connectivity index (χ2n) is 5.49. The molecule has 2 aliphatic heterocycles. The zero-order valence-corrected chi connectivity index (χ0v) is 11.9. The van der Waals surface area contributed by atoms with Gasteiger partial charge in [-0.1, -0.05) is 0 Å². The van der Waals surface area contributed by atoms with Crippen LogP contribution >= 0.6 is 0 Å². The Morgan fingerprint density at radius 1 is 1.15 bits per heavy atom. The smallest absolute Gasteiger partial charge is 0.369 e. The zero-order chi connectivity index (χ0) is 14.5. The van der Waals surface area contributed by atoms with Gasteiger partial charge in [0.25, 0.3) is 0 Å². The number of hydrogen-bond donors (Lipinski definition) is 1.